The Morgan fingerprint density at radius 1 is 1.57 bits per heavy atom. The molecule has 2 rings (SSSR count). The van der Waals surface area contributed by atoms with Gasteiger partial charge in [0.15, 0.2) is 0 Å². The Bertz CT molecular complexity index is 74.1. The summed E-state index contributed by atoms with van der Waals surface area (Å²) in [7, 11) is 0.425. The molecule has 40 valence electrons. The predicted molar refractivity (Wildman–Crippen MR) is 32.8 cm³/mol. The van der Waals surface area contributed by atoms with Crippen LogP contribution in [0.3, 0.4) is 0 Å². The van der Waals surface area contributed by atoms with Crippen LogP contribution < -0.4 is 5.09 Å². The fourth-order valence-corrected chi connectivity index (χ4v) is 3.30. The zero-order chi connectivity index (χ0) is 4.69. The van der Waals surface area contributed by atoms with Crippen LogP contribution in [-0.2, 0) is 0 Å². The van der Waals surface area contributed by atoms with Crippen molar-refractivity contribution in [3.05, 3.63) is 0 Å². The van der Waals surface area contributed by atoms with Gasteiger partial charge in [0.2, 0.25) is 0 Å². The maximum absolute atomic E-state index is 3.52. The second-order valence-corrected chi connectivity index (χ2v) is 4.71. The fourth-order valence-electron chi connectivity index (χ4n) is 1.18. The first kappa shape index (κ1) is 4.29. The lowest BCUT2D eigenvalue weighted by molar-refractivity contribution is 0.721. The standard InChI is InChI=1S/C5H10NP/c1-2-5-4-7(5)6-3-1/h5-6H,1-4H2. The van der Waals surface area contributed by atoms with Gasteiger partial charge in [0, 0.05) is 0 Å². The summed E-state index contributed by atoms with van der Waals surface area (Å²) in [4.78, 5) is 0. The van der Waals surface area contributed by atoms with E-state index in [-0.39, 0.29) is 0 Å². The number of nitrogens with one attached hydrogen (secondary N) is 1. The predicted octanol–water partition coefficient (Wildman–Crippen LogP) is 1.15. The molecule has 7 heavy (non-hydrogen) atoms. The summed E-state index contributed by atoms with van der Waals surface area (Å²) in [6.07, 6.45) is 4.50. The number of hydrogen-bond donors (Lipinski definition) is 1. The highest BCUT2D eigenvalue weighted by Crippen LogP contribution is 2.58. The molecule has 0 amide bonds. The fraction of sp³-hybridized carbons (Fsp3) is 1.00. The minimum atomic E-state index is 0.425. The smallest absolute Gasteiger partial charge is 0.000963 e. The van der Waals surface area contributed by atoms with Gasteiger partial charge in [-0.05, 0) is 39.3 Å². The molecule has 2 saturated heterocycles. The molecular formula is C5H10NP. The molecule has 1 nitrogen and oxygen atoms in total. The molecule has 2 fully saturated rings. The van der Waals surface area contributed by atoms with Gasteiger partial charge in [-0.15, -0.1) is 0 Å². The molecule has 2 heteroatoms. The van der Waals surface area contributed by atoms with Crippen molar-refractivity contribution in [2.75, 3.05) is 12.7 Å². The minimum Gasteiger partial charge on any atom is -0.295 e. The van der Waals surface area contributed by atoms with Crippen LogP contribution >= 0.6 is 8.07 Å². The van der Waals surface area contributed by atoms with E-state index in [1.54, 1.807) is 0 Å². The molecule has 2 aliphatic heterocycles. The monoisotopic (exact) mass is 115 g/mol. The van der Waals surface area contributed by atoms with E-state index in [0.717, 1.165) is 5.66 Å². The van der Waals surface area contributed by atoms with E-state index in [4.69, 9.17) is 0 Å². The maximum atomic E-state index is 3.52. The first-order valence-electron chi connectivity index (χ1n) is 2.97. The van der Waals surface area contributed by atoms with Gasteiger partial charge in [-0.2, -0.15) is 0 Å². The van der Waals surface area contributed by atoms with Crippen LogP contribution in [0.25, 0.3) is 0 Å². The molecule has 2 aliphatic rings. The van der Waals surface area contributed by atoms with Gasteiger partial charge in [0.1, 0.15) is 0 Å². The molecule has 0 aromatic rings. The summed E-state index contributed by atoms with van der Waals surface area (Å²) in [5.41, 5.74) is 1.16. The van der Waals surface area contributed by atoms with Crippen molar-refractivity contribution >= 4 is 8.07 Å². The zero-order valence-electron chi connectivity index (χ0n) is 4.35. The molecule has 0 aromatic carbocycles. The van der Waals surface area contributed by atoms with E-state index >= 15 is 0 Å². The third kappa shape index (κ3) is 0.687. The second-order valence-electron chi connectivity index (χ2n) is 2.36. The van der Waals surface area contributed by atoms with Crippen molar-refractivity contribution < 1.29 is 0 Å². The molecule has 0 aliphatic carbocycles. The van der Waals surface area contributed by atoms with E-state index in [0.29, 0.717) is 8.07 Å². The lowest BCUT2D eigenvalue weighted by atomic mass is 10.2. The van der Waals surface area contributed by atoms with Gasteiger partial charge in [-0.3, -0.25) is 5.09 Å². The molecule has 1 N–H and O–H groups in total. The number of hydrogen-bond acceptors (Lipinski definition) is 1. The van der Waals surface area contributed by atoms with E-state index in [2.05, 4.69) is 5.09 Å². The van der Waals surface area contributed by atoms with Gasteiger partial charge in [-0.1, -0.05) is 0 Å². The van der Waals surface area contributed by atoms with Crippen molar-refractivity contribution in [2.24, 2.45) is 0 Å². The molecular weight excluding hydrogens is 105 g/mol. The van der Waals surface area contributed by atoms with Crippen LogP contribution in [-0.4, -0.2) is 18.4 Å². The van der Waals surface area contributed by atoms with Crippen molar-refractivity contribution in [3.8, 4) is 0 Å². The molecule has 0 spiro atoms. The zero-order valence-corrected chi connectivity index (χ0v) is 5.25. The molecule has 0 saturated carbocycles. The Labute approximate surface area is 45.3 Å². The first-order valence-corrected chi connectivity index (χ1v) is 4.56. The Morgan fingerprint density at radius 3 is 3.14 bits per heavy atom. The quantitative estimate of drug-likeness (QED) is 0.467. The van der Waals surface area contributed by atoms with Crippen molar-refractivity contribution in [3.63, 3.8) is 0 Å². The minimum absolute atomic E-state index is 0.425. The summed E-state index contributed by atoms with van der Waals surface area (Å²) in [6.45, 7) is 1.31. The molecule has 0 bridgehead atoms. The lowest BCUT2D eigenvalue weighted by Gasteiger charge is -2.08. The lowest BCUT2D eigenvalue weighted by Crippen LogP contribution is -2.09. The Kier molecular flexibility index (Phi) is 0.876. The molecule has 2 heterocycles. The Hall–Kier alpha value is 0.390. The summed E-state index contributed by atoms with van der Waals surface area (Å²) >= 11 is 0. The van der Waals surface area contributed by atoms with Crippen molar-refractivity contribution in [1.82, 2.24) is 5.09 Å². The first-order chi connectivity index (χ1) is 3.47. The van der Waals surface area contributed by atoms with Gasteiger partial charge < -0.3 is 0 Å². The molecule has 2 atom stereocenters. The van der Waals surface area contributed by atoms with E-state index in [1.807, 2.05) is 0 Å². The highest BCUT2D eigenvalue weighted by molar-refractivity contribution is 7.64. The van der Waals surface area contributed by atoms with Gasteiger partial charge in [0.25, 0.3) is 0 Å². The average molecular weight is 115 g/mol. The largest absolute Gasteiger partial charge is 0.295 e. The summed E-state index contributed by atoms with van der Waals surface area (Å²) in [6, 6.07) is 0. The maximum Gasteiger partial charge on any atom is -0.000963 e. The summed E-state index contributed by atoms with van der Waals surface area (Å²) < 4.78 is 0. The van der Waals surface area contributed by atoms with Gasteiger partial charge in [0.05, 0.1) is 0 Å². The molecule has 0 aromatic heterocycles. The van der Waals surface area contributed by atoms with Gasteiger partial charge >= 0.3 is 0 Å². The van der Waals surface area contributed by atoms with E-state index in [9.17, 15) is 0 Å². The third-order valence-corrected chi connectivity index (χ3v) is 4.06. The van der Waals surface area contributed by atoms with Crippen molar-refractivity contribution in [1.29, 1.82) is 0 Å². The summed E-state index contributed by atoms with van der Waals surface area (Å²) in [5, 5.41) is 3.52. The van der Waals surface area contributed by atoms with Crippen molar-refractivity contribution in [2.45, 2.75) is 18.5 Å². The Balaban J connectivity index is 1.95. The highest BCUT2D eigenvalue weighted by atomic mass is 31.1. The van der Waals surface area contributed by atoms with Crippen LogP contribution in [0, 0.1) is 0 Å². The van der Waals surface area contributed by atoms with E-state index in [1.165, 1.54) is 25.5 Å². The van der Waals surface area contributed by atoms with Crippen LogP contribution in [0.4, 0.5) is 0 Å². The normalized spacial score (nSPS) is 48.0. The van der Waals surface area contributed by atoms with Crippen LogP contribution in [0.2, 0.25) is 0 Å². The molecule has 0 radical (unpaired) electrons. The van der Waals surface area contributed by atoms with E-state index < -0.39 is 0 Å². The third-order valence-electron chi connectivity index (χ3n) is 1.74. The molecule has 2 unspecified atom stereocenters. The van der Waals surface area contributed by atoms with Gasteiger partial charge in [-0.25, -0.2) is 0 Å². The number of rotatable bonds is 0. The summed E-state index contributed by atoms with van der Waals surface area (Å²) in [5.74, 6) is 0. The van der Waals surface area contributed by atoms with Crippen LogP contribution in [0.5, 0.6) is 0 Å². The second kappa shape index (κ2) is 1.43. The highest BCUT2D eigenvalue weighted by Gasteiger charge is 2.37. The van der Waals surface area contributed by atoms with Crippen LogP contribution in [0.15, 0.2) is 0 Å². The van der Waals surface area contributed by atoms with Crippen LogP contribution in [0.1, 0.15) is 12.8 Å². The average Bonchev–Trinajstić information content (AvgIpc) is 2.41. The number of fused-ring (bicyclic) bond motifs is 1. The Morgan fingerprint density at radius 2 is 2.57 bits per heavy atom. The topological polar surface area (TPSA) is 12.0 Å². The SMILES string of the molecule is C1CNP2CC2C1.